The van der Waals surface area contributed by atoms with E-state index in [0.717, 1.165) is 0 Å². The van der Waals surface area contributed by atoms with E-state index < -0.39 is 0 Å². The van der Waals surface area contributed by atoms with Crippen LogP contribution in [0.25, 0.3) is 0 Å². The second kappa shape index (κ2) is 4.60. The van der Waals surface area contributed by atoms with Crippen LogP contribution in [0.15, 0.2) is 12.0 Å². The summed E-state index contributed by atoms with van der Waals surface area (Å²) < 4.78 is 23.6. The van der Waals surface area contributed by atoms with Gasteiger partial charge in [-0.05, 0) is 55.4 Å². The first-order chi connectivity index (χ1) is 8.86. The Balaban J connectivity index is 2.00. The molecule has 2 aliphatic rings. The maximum atomic E-state index is 5.91. The third-order valence-corrected chi connectivity index (χ3v) is 4.97. The van der Waals surface area contributed by atoms with E-state index in [1.54, 1.807) is 0 Å². The molecule has 0 bridgehead atoms. The molecule has 20 heavy (non-hydrogen) atoms. The Morgan fingerprint density at radius 1 is 0.500 bits per heavy atom. The van der Waals surface area contributed by atoms with E-state index in [-0.39, 0.29) is 36.6 Å². The molecule has 0 amide bonds. The van der Waals surface area contributed by atoms with Crippen LogP contribution >= 0.6 is 0 Å². The predicted octanol–water partition coefficient (Wildman–Crippen LogP) is 2.81. The average Bonchev–Trinajstić information content (AvgIpc) is 2.55. The van der Waals surface area contributed by atoms with Gasteiger partial charge in [0, 0.05) is 0 Å². The normalized spacial score (nSPS) is 30.4. The first kappa shape index (κ1) is 16.1. The third kappa shape index (κ3) is 2.71. The number of hydrogen-bond donors (Lipinski definition) is 0. The van der Waals surface area contributed by atoms with Gasteiger partial charge in [-0.25, -0.2) is 0 Å². The lowest BCUT2D eigenvalue weighted by Gasteiger charge is -2.32. The summed E-state index contributed by atoms with van der Waals surface area (Å²) in [7, 11) is -0.724. The van der Waals surface area contributed by atoms with Gasteiger partial charge in [-0.15, -0.1) is 0 Å². The van der Waals surface area contributed by atoms with Gasteiger partial charge in [-0.2, -0.15) is 0 Å². The van der Waals surface area contributed by atoms with Crippen molar-refractivity contribution in [1.82, 2.24) is 0 Å². The molecule has 2 saturated heterocycles. The molecule has 0 aliphatic carbocycles. The van der Waals surface area contributed by atoms with Gasteiger partial charge in [0.2, 0.25) is 0 Å². The van der Waals surface area contributed by atoms with Crippen molar-refractivity contribution in [2.24, 2.45) is 0 Å². The molecule has 0 atom stereocenters. The Hall–Kier alpha value is -0.290. The highest BCUT2D eigenvalue weighted by atomic mass is 16.7. The molecule has 0 aromatic heterocycles. The largest absolute Gasteiger partial charge is 0.486 e. The van der Waals surface area contributed by atoms with E-state index in [2.05, 4.69) is 0 Å². The number of hydrogen-bond acceptors (Lipinski definition) is 4. The molecule has 2 rings (SSSR count). The van der Waals surface area contributed by atoms with E-state index in [0.29, 0.717) is 0 Å². The minimum Gasteiger partial charge on any atom is -0.400 e. The SMILES string of the molecule is CC1(C)OB(/C=C\B2OC(C)(C)C(C)(C)O2)OC1(C)C. The molecule has 4 nitrogen and oxygen atoms in total. The Labute approximate surface area is 123 Å². The Morgan fingerprint density at radius 3 is 0.900 bits per heavy atom. The lowest BCUT2D eigenvalue weighted by molar-refractivity contribution is 0.00578. The van der Waals surface area contributed by atoms with Gasteiger partial charge in [0.15, 0.2) is 0 Å². The summed E-state index contributed by atoms with van der Waals surface area (Å²) in [4.78, 5) is 0. The summed E-state index contributed by atoms with van der Waals surface area (Å²) in [6.07, 6.45) is 0. The van der Waals surface area contributed by atoms with Crippen molar-refractivity contribution in [3.05, 3.63) is 12.0 Å². The Morgan fingerprint density at radius 2 is 0.700 bits per heavy atom. The van der Waals surface area contributed by atoms with Crippen LogP contribution in [0.3, 0.4) is 0 Å². The first-order valence-electron chi connectivity index (χ1n) is 7.26. The second-order valence-corrected chi connectivity index (χ2v) is 7.63. The Bertz CT molecular complexity index is 345. The molecule has 0 aromatic carbocycles. The molecule has 0 N–H and O–H groups in total. The minimum absolute atomic E-state index is 0.321. The molecule has 112 valence electrons. The molecule has 0 unspecified atom stereocenters. The smallest absolute Gasteiger partial charge is 0.400 e. The standard InChI is InChI=1S/C14H26B2O4/c1-11(2)12(3,4)18-15(17-11)9-10-16-19-13(5,6)14(7,8)20-16/h9-10H,1-8H3/b10-9-. The summed E-state index contributed by atoms with van der Waals surface area (Å²) >= 11 is 0. The molecule has 0 saturated carbocycles. The zero-order chi connectivity index (χ0) is 15.4. The number of rotatable bonds is 2. The van der Waals surface area contributed by atoms with Gasteiger partial charge in [-0.3, -0.25) is 0 Å². The fraction of sp³-hybridized carbons (Fsp3) is 0.857. The molecule has 2 fully saturated rings. The van der Waals surface area contributed by atoms with Crippen LogP contribution in [0.5, 0.6) is 0 Å². The van der Waals surface area contributed by atoms with Crippen LogP contribution in [-0.4, -0.2) is 36.6 Å². The molecule has 0 radical (unpaired) electrons. The fourth-order valence-corrected chi connectivity index (χ4v) is 2.12. The highest BCUT2D eigenvalue weighted by Crippen LogP contribution is 2.38. The van der Waals surface area contributed by atoms with Gasteiger partial charge in [0.1, 0.15) is 0 Å². The summed E-state index contributed by atoms with van der Waals surface area (Å²) in [5.74, 6) is 3.75. The van der Waals surface area contributed by atoms with E-state index in [9.17, 15) is 0 Å². The monoisotopic (exact) mass is 280 g/mol. The van der Waals surface area contributed by atoms with Gasteiger partial charge < -0.3 is 18.6 Å². The van der Waals surface area contributed by atoms with E-state index in [4.69, 9.17) is 18.6 Å². The molecule has 0 spiro atoms. The van der Waals surface area contributed by atoms with Crippen LogP contribution in [0.4, 0.5) is 0 Å². The Kier molecular flexibility index (Phi) is 3.70. The van der Waals surface area contributed by atoms with Crippen molar-refractivity contribution in [2.45, 2.75) is 77.8 Å². The van der Waals surface area contributed by atoms with Crippen LogP contribution in [-0.2, 0) is 18.6 Å². The zero-order valence-electron chi connectivity index (χ0n) is 13.9. The zero-order valence-corrected chi connectivity index (χ0v) is 13.9. The van der Waals surface area contributed by atoms with Crippen molar-refractivity contribution in [3.63, 3.8) is 0 Å². The minimum atomic E-state index is -0.362. The molecule has 0 aromatic rings. The maximum absolute atomic E-state index is 5.91. The van der Waals surface area contributed by atoms with Gasteiger partial charge in [-0.1, -0.05) is 12.0 Å². The molecular formula is C14H26B2O4. The van der Waals surface area contributed by atoms with Crippen LogP contribution in [0.2, 0.25) is 0 Å². The van der Waals surface area contributed by atoms with Crippen molar-refractivity contribution in [2.75, 3.05) is 0 Å². The lowest BCUT2D eigenvalue weighted by Crippen LogP contribution is -2.41. The summed E-state index contributed by atoms with van der Waals surface area (Å²) in [5.41, 5.74) is -1.29. The predicted molar refractivity (Wildman–Crippen MR) is 81.3 cm³/mol. The van der Waals surface area contributed by atoms with Crippen LogP contribution in [0, 0.1) is 0 Å². The van der Waals surface area contributed by atoms with Crippen LogP contribution in [0.1, 0.15) is 55.4 Å². The van der Waals surface area contributed by atoms with Gasteiger partial charge >= 0.3 is 14.2 Å². The van der Waals surface area contributed by atoms with E-state index in [1.807, 2.05) is 67.3 Å². The fourth-order valence-electron chi connectivity index (χ4n) is 2.12. The molecule has 2 aliphatic heterocycles. The third-order valence-electron chi connectivity index (χ3n) is 4.97. The van der Waals surface area contributed by atoms with Crippen molar-refractivity contribution >= 4 is 14.2 Å². The summed E-state index contributed by atoms with van der Waals surface area (Å²) in [6, 6.07) is 0. The second-order valence-electron chi connectivity index (χ2n) is 7.63. The molecular weight excluding hydrogens is 254 g/mol. The van der Waals surface area contributed by atoms with Gasteiger partial charge in [0.25, 0.3) is 0 Å². The summed E-state index contributed by atoms with van der Waals surface area (Å²) in [6.45, 7) is 16.3. The molecule has 2 heterocycles. The first-order valence-corrected chi connectivity index (χ1v) is 7.26. The van der Waals surface area contributed by atoms with Crippen LogP contribution < -0.4 is 0 Å². The highest BCUT2D eigenvalue weighted by Gasteiger charge is 2.52. The lowest BCUT2D eigenvalue weighted by atomic mass is 9.80. The average molecular weight is 280 g/mol. The van der Waals surface area contributed by atoms with Crippen molar-refractivity contribution < 1.29 is 18.6 Å². The van der Waals surface area contributed by atoms with E-state index >= 15 is 0 Å². The quantitative estimate of drug-likeness (QED) is 0.729. The van der Waals surface area contributed by atoms with E-state index in [1.165, 1.54) is 0 Å². The molecule has 6 heteroatoms. The van der Waals surface area contributed by atoms with Crippen molar-refractivity contribution in [1.29, 1.82) is 0 Å². The van der Waals surface area contributed by atoms with Crippen molar-refractivity contribution in [3.8, 4) is 0 Å². The maximum Gasteiger partial charge on any atom is 0.486 e. The van der Waals surface area contributed by atoms with Gasteiger partial charge in [0.05, 0.1) is 22.4 Å². The highest BCUT2D eigenvalue weighted by molar-refractivity contribution is 6.58. The summed E-state index contributed by atoms with van der Waals surface area (Å²) in [5, 5.41) is 0. The topological polar surface area (TPSA) is 36.9 Å².